The van der Waals surface area contributed by atoms with Crippen LogP contribution >= 0.6 is 0 Å². The van der Waals surface area contributed by atoms with Gasteiger partial charge >= 0.3 is 0 Å². The Bertz CT molecular complexity index is 1350. The van der Waals surface area contributed by atoms with E-state index in [0.717, 1.165) is 38.3 Å². The molecule has 4 aromatic rings. The fourth-order valence-corrected chi connectivity index (χ4v) is 5.10. The van der Waals surface area contributed by atoms with E-state index in [0.29, 0.717) is 46.1 Å². The molecule has 2 saturated carbocycles. The molecule has 7 nitrogen and oxygen atoms in total. The molecular formula is C22H18F2N6O. The van der Waals surface area contributed by atoms with Gasteiger partial charge in [0.25, 0.3) is 0 Å². The summed E-state index contributed by atoms with van der Waals surface area (Å²) in [5.74, 6) is 1.71. The zero-order chi connectivity index (χ0) is 20.7. The van der Waals surface area contributed by atoms with Crippen LogP contribution in [0.3, 0.4) is 0 Å². The lowest BCUT2D eigenvalue weighted by atomic mass is 10.0. The van der Waals surface area contributed by atoms with Gasteiger partial charge in [-0.25, -0.2) is 18.3 Å². The van der Waals surface area contributed by atoms with Crippen molar-refractivity contribution in [1.29, 1.82) is 0 Å². The van der Waals surface area contributed by atoms with Crippen LogP contribution in [0.5, 0.6) is 0 Å². The molecule has 31 heavy (non-hydrogen) atoms. The average Bonchev–Trinajstić information content (AvgIpc) is 3.60. The summed E-state index contributed by atoms with van der Waals surface area (Å²) < 4.78 is 35.7. The van der Waals surface area contributed by atoms with Gasteiger partial charge in [-0.2, -0.15) is 10.1 Å². The largest absolute Gasteiger partial charge is 0.346 e. The minimum atomic E-state index is -0.539. The van der Waals surface area contributed by atoms with Crippen molar-refractivity contribution in [3.05, 3.63) is 59.7 Å². The van der Waals surface area contributed by atoms with E-state index < -0.39 is 11.4 Å². The Kier molecular flexibility index (Phi) is 3.28. The van der Waals surface area contributed by atoms with Gasteiger partial charge < -0.3 is 9.42 Å². The molecule has 0 radical (unpaired) electrons. The summed E-state index contributed by atoms with van der Waals surface area (Å²) in [7, 11) is 0. The molecule has 1 aliphatic heterocycles. The van der Waals surface area contributed by atoms with E-state index in [1.54, 1.807) is 10.7 Å². The van der Waals surface area contributed by atoms with Crippen molar-refractivity contribution in [2.24, 2.45) is 5.92 Å². The van der Waals surface area contributed by atoms with E-state index in [4.69, 9.17) is 9.51 Å². The maximum absolute atomic E-state index is 14.7. The minimum absolute atomic E-state index is 0.296. The standard InChI is InChI=1S/C22H18F2N6O/c23-14-3-4-17(24)16(9-14)22-10-13(22)5-7-29(22)18-6-8-30-20(26-18)15(11-25-30)19-27-21(31-28-19)12-1-2-12/h3-4,6,8-9,11-13H,1-2,5,7,10H2/t13-,22+/m0/s1. The molecule has 156 valence electrons. The first-order valence-electron chi connectivity index (χ1n) is 10.5. The van der Waals surface area contributed by atoms with E-state index >= 15 is 0 Å². The van der Waals surface area contributed by atoms with Gasteiger partial charge in [0.1, 0.15) is 17.5 Å². The molecule has 2 aliphatic carbocycles. The van der Waals surface area contributed by atoms with Crippen molar-refractivity contribution < 1.29 is 13.3 Å². The Morgan fingerprint density at radius 3 is 2.84 bits per heavy atom. The first-order chi connectivity index (χ1) is 15.1. The zero-order valence-corrected chi connectivity index (χ0v) is 16.5. The highest BCUT2D eigenvalue weighted by Gasteiger charge is 2.64. The third-order valence-corrected chi connectivity index (χ3v) is 6.89. The Morgan fingerprint density at radius 1 is 1.10 bits per heavy atom. The third kappa shape index (κ3) is 2.43. The van der Waals surface area contributed by atoms with Crippen LogP contribution in [0.15, 0.2) is 41.2 Å². The number of piperidine rings is 1. The second-order valence-electron chi connectivity index (χ2n) is 8.73. The highest BCUT2D eigenvalue weighted by atomic mass is 19.1. The van der Waals surface area contributed by atoms with Gasteiger partial charge in [-0.05, 0) is 55.9 Å². The van der Waals surface area contributed by atoms with Crippen LogP contribution in [0.4, 0.5) is 14.6 Å². The summed E-state index contributed by atoms with van der Waals surface area (Å²) >= 11 is 0. The molecule has 4 heterocycles. The van der Waals surface area contributed by atoms with Crippen LogP contribution in [0, 0.1) is 17.6 Å². The molecule has 7 rings (SSSR count). The molecule has 3 fully saturated rings. The van der Waals surface area contributed by atoms with Crippen LogP contribution in [-0.4, -0.2) is 31.3 Å². The second-order valence-corrected chi connectivity index (χ2v) is 8.73. The molecule has 0 amide bonds. The molecule has 1 saturated heterocycles. The highest BCUT2D eigenvalue weighted by molar-refractivity contribution is 5.73. The number of fused-ring (bicyclic) bond motifs is 2. The predicted octanol–water partition coefficient (Wildman–Crippen LogP) is 4.06. The summed E-state index contributed by atoms with van der Waals surface area (Å²) in [4.78, 5) is 11.5. The Morgan fingerprint density at radius 2 is 2.00 bits per heavy atom. The van der Waals surface area contributed by atoms with Crippen LogP contribution in [-0.2, 0) is 5.54 Å². The van der Waals surface area contributed by atoms with Gasteiger partial charge in [0.05, 0.1) is 17.3 Å². The summed E-state index contributed by atoms with van der Waals surface area (Å²) in [6.07, 6.45) is 7.38. The van der Waals surface area contributed by atoms with Crippen LogP contribution in [0.25, 0.3) is 17.0 Å². The molecule has 0 N–H and O–H groups in total. The van der Waals surface area contributed by atoms with Crippen molar-refractivity contribution in [2.75, 3.05) is 11.4 Å². The highest BCUT2D eigenvalue weighted by Crippen LogP contribution is 2.63. The predicted molar refractivity (Wildman–Crippen MR) is 106 cm³/mol. The molecule has 3 aliphatic rings. The number of nitrogens with zero attached hydrogens (tertiary/aromatic N) is 6. The summed E-state index contributed by atoms with van der Waals surface area (Å²) in [6, 6.07) is 5.57. The molecule has 9 heteroatoms. The fourth-order valence-electron chi connectivity index (χ4n) is 5.10. The maximum Gasteiger partial charge on any atom is 0.230 e. The molecule has 0 bridgehead atoms. The first-order valence-corrected chi connectivity index (χ1v) is 10.5. The number of hydrogen-bond acceptors (Lipinski definition) is 6. The smallest absolute Gasteiger partial charge is 0.230 e. The van der Waals surface area contributed by atoms with Crippen LogP contribution < -0.4 is 4.90 Å². The van der Waals surface area contributed by atoms with Gasteiger partial charge in [0, 0.05) is 24.2 Å². The quantitative estimate of drug-likeness (QED) is 0.496. The normalized spacial score (nSPS) is 24.7. The molecule has 2 atom stereocenters. The van der Waals surface area contributed by atoms with Crippen LogP contribution in [0.1, 0.15) is 43.1 Å². The molecule has 3 aromatic heterocycles. The Hall–Kier alpha value is -3.36. The van der Waals surface area contributed by atoms with Gasteiger partial charge in [-0.3, -0.25) is 0 Å². The number of rotatable bonds is 4. The molecular weight excluding hydrogens is 402 g/mol. The number of hydrogen-bond donors (Lipinski definition) is 0. The maximum atomic E-state index is 14.7. The van der Waals surface area contributed by atoms with Crippen LogP contribution in [0.2, 0.25) is 0 Å². The summed E-state index contributed by atoms with van der Waals surface area (Å²) in [5.41, 5.74) is 1.18. The lowest BCUT2D eigenvalue weighted by Crippen LogP contribution is -2.34. The fraction of sp³-hybridized carbons (Fsp3) is 0.364. The number of anilines is 1. The van der Waals surface area contributed by atoms with E-state index in [1.165, 1.54) is 12.1 Å². The minimum Gasteiger partial charge on any atom is -0.346 e. The number of benzene rings is 1. The Labute approximate surface area is 175 Å². The monoisotopic (exact) mass is 420 g/mol. The third-order valence-electron chi connectivity index (χ3n) is 6.89. The van der Waals surface area contributed by atoms with E-state index in [9.17, 15) is 8.78 Å². The first kappa shape index (κ1) is 17.3. The van der Waals surface area contributed by atoms with E-state index in [-0.39, 0.29) is 5.82 Å². The number of aromatic nitrogens is 5. The second kappa shape index (κ2) is 5.87. The van der Waals surface area contributed by atoms with E-state index in [1.807, 2.05) is 12.3 Å². The lowest BCUT2D eigenvalue weighted by Gasteiger charge is -2.30. The lowest BCUT2D eigenvalue weighted by molar-refractivity contribution is 0.380. The average molecular weight is 420 g/mol. The van der Waals surface area contributed by atoms with Crippen molar-refractivity contribution >= 4 is 11.5 Å². The van der Waals surface area contributed by atoms with Gasteiger partial charge in [0.15, 0.2) is 5.65 Å². The van der Waals surface area contributed by atoms with Crippen molar-refractivity contribution in [3.63, 3.8) is 0 Å². The van der Waals surface area contributed by atoms with E-state index in [2.05, 4.69) is 20.1 Å². The summed E-state index contributed by atoms with van der Waals surface area (Å²) in [6.45, 7) is 0.737. The zero-order valence-electron chi connectivity index (χ0n) is 16.5. The SMILES string of the molecule is Fc1ccc(F)c([C@@]23C[C@@H]2CCN3c2ccn3ncc(-c4noc(C5CC5)n4)c3n2)c1. The Balaban J connectivity index is 1.32. The van der Waals surface area contributed by atoms with Gasteiger partial charge in [0.2, 0.25) is 11.7 Å². The van der Waals surface area contributed by atoms with Gasteiger partial charge in [-0.1, -0.05) is 5.16 Å². The van der Waals surface area contributed by atoms with Crippen molar-refractivity contribution in [1.82, 2.24) is 24.7 Å². The topological polar surface area (TPSA) is 72.3 Å². The van der Waals surface area contributed by atoms with Gasteiger partial charge in [-0.15, -0.1) is 0 Å². The van der Waals surface area contributed by atoms with Crippen molar-refractivity contribution in [3.8, 4) is 11.4 Å². The molecule has 1 aromatic carbocycles. The molecule has 0 unspecified atom stereocenters. The number of halogens is 2. The molecule has 0 spiro atoms. The summed E-state index contributed by atoms with van der Waals surface area (Å²) in [5, 5.41) is 8.49. The van der Waals surface area contributed by atoms with Crippen molar-refractivity contribution in [2.45, 2.75) is 37.1 Å².